The van der Waals surface area contributed by atoms with Crippen molar-refractivity contribution in [3.8, 4) is 6.07 Å². The number of allylic oxidation sites excluding steroid dienone is 1. The van der Waals surface area contributed by atoms with Crippen LogP contribution in [-0.4, -0.2) is 30.4 Å². The van der Waals surface area contributed by atoms with Crippen LogP contribution in [0.5, 0.6) is 0 Å². The fourth-order valence-corrected chi connectivity index (χ4v) is 1.17. The van der Waals surface area contributed by atoms with E-state index >= 15 is 0 Å². The quantitative estimate of drug-likeness (QED) is 0.486. The first-order chi connectivity index (χ1) is 6.24. The summed E-state index contributed by atoms with van der Waals surface area (Å²) in [6.07, 6.45) is 3.97. The number of nitriles is 1. The molecule has 0 amide bonds. The molecule has 3 heteroatoms. The summed E-state index contributed by atoms with van der Waals surface area (Å²) in [5.41, 5.74) is 0. The molecular formula is C10H17ClN2. The monoisotopic (exact) mass is 200 g/mol. The maximum absolute atomic E-state index is 8.63. The topological polar surface area (TPSA) is 27.0 Å². The molecule has 0 rings (SSSR count). The molecule has 0 aromatic rings. The van der Waals surface area contributed by atoms with Gasteiger partial charge in [0.15, 0.2) is 0 Å². The van der Waals surface area contributed by atoms with E-state index < -0.39 is 0 Å². The lowest BCUT2D eigenvalue weighted by atomic mass is 10.2. The van der Waals surface area contributed by atoms with E-state index in [1.165, 1.54) is 0 Å². The Bertz CT molecular complexity index is 184. The summed E-state index contributed by atoms with van der Waals surface area (Å²) in [5, 5.41) is 8.63. The van der Waals surface area contributed by atoms with Crippen LogP contribution in [0.2, 0.25) is 0 Å². The summed E-state index contributed by atoms with van der Waals surface area (Å²) < 4.78 is 0. The van der Waals surface area contributed by atoms with Crippen LogP contribution in [0.25, 0.3) is 0 Å². The summed E-state index contributed by atoms with van der Waals surface area (Å²) in [4.78, 5) is 2.22. The van der Waals surface area contributed by atoms with Crippen molar-refractivity contribution in [2.24, 2.45) is 5.92 Å². The fraction of sp³-hybridized carbons (Fsp3) is 0.700. The largest absolute Gasteiger partial charge is 0.299 e. The third kappa shape index (κ3) is 6.62. The zero-order valence-corrected chi connectivity index (χ0v) is 9.09. The molecule has 2 nitrogen and oxygen atoms in total. The second-order valence-corrected chi connectivity index (χ2v) is 3.32. The third-order valence-electron chi connectivity index (χ3n) is 1.82. The Hall–Kier alpha value is -0.520. The van der Waals surface area contributed by atoms with E-state index in [4.69, 9.17) is 16.9 Å². The molecule has 0 aliphatic carbocycles. The Kier molecular flexibility index (Phi) is 7.77. The summed E-state index contributed by atoms with van der Waals surface area (Å²) in [5.74, 6) is 0.662. The minimum atomic E-state index is 0.101. The molecule has 0 aromatic heterocycles. The second kappa shape index (κ2) is 8.10. The third-order valence-corrected chi connectivity index (χ3v) is 2.00. The van der Waals surface area contributed by atoms with Crippen molar-refractivity contribution in [3.05, 3.63) is 12.2 Å². The van der Waals surface area contributed by atoms with E-state index in [9.17, 15) is 0 Å². The molecule has 0 spiro atoms. The molecule has 74 valence electrons. The molecule has 0 fully saturated rings. The fourth-order valence-electron chi connectivity index (χ4n) is 1.05. The molecule has 0 saturated heterocycles. The van der Waals surface area contributed by atoms with Gasteiger partial charge in [0.2, 0.25) is 0 Å². The lowest BCUT2D eigenvalue weighted by Crippen LogP contribution is -2.28. The van der Waals surface area contributed by atoms with Crippen molar-refractivity contribution < 1.29 is 0 Å². The van der Waals surface area contributed by atoms with Crippen LogP contribution in [0.1, 0.15) is 13.8 Å². The summed E-state index contributed by atoms with van der Waals surface area (Å²) in [6, 6.07) is 2.23. The zero-order chi connectivity index (χ0) is 10.1. The lowest BCUT2D eigenvalue weighted by Gasteiger charge is -2.19. The van der Waals surface area contributed by atoms with Gasteiger partial charge in [0.1, 0.15) is 0 Å². The van der Waals surface area contributed by atoms with Crippen LogP contribution < -0.4 is 0 Å². The van der Waals surface area contributed by atoms with Gasteiger partial charge in [-0.15, -0.1) is 11.6 Å². The highest BCUT2D eigenvalue weighted by molar-refractivity contribution is 6.18. The van der Waals surface area contributed by atoms with Crippen LogP contribution in [0.15, 0.2) is 12.2 Å². The number of hydrogen-bond acceptors (Lipinski definition) is 2. The van der Waals surface area contributed by atoms with E-state index in [0.717, 1.165) is 19.6 Å². The maximum Gasteiger partial charge on any atom is 0.0666 e. The van der Waals surface area contributed by atoms with Gasteiger partial charge in [-0.05, 0) is 13.5 Å². The van der Waals surface area contributed by atoms with Crippen molar-refractivity contribution in [1.29, 1.82) is 5.26 Å². The van der Waals surface area contributed by atoms with Gasteiger partial charge in [-0.2, -0.15) is 5.26 Å². The first kappa shape index (κ1) is 12.5. The Morgan fingerprint density at radius 3 is 2.69 bits per heavy atom. The summed E-state index contributed by atoms with van der Waals surface area (Å²) in [6.45, 7) is 6.72. The predicted molar refractivity (Wildman–Crippen MR) is 56.8 cm³/mol. The number of halogens is 1. The molecule has 1 atom stereocenters. The molecule has 0 saturated carbocycles. The van der Waals surface area contributed by atoms with Gasteiger partial charge in [0.05, 0.1) is 12.0 Å². The zero-order valence-electron chi connectivity index (χ0n) is 8.33. The van der Waals surface area contributed by atoms with Crippen LogP contribution in [0.4, 0.5) is 0 Å². The van der Waals surface area contributed by atoms with Crippen LogP contribution in [0, 0.1) is 17.2 Å². The Balaban J connectivity index is 3.77. The smallest absolute Gasteiger partial charge is 0.0666 e. The van der Waals surface area contributed by atoms with Gasteiger partial charge in [-0.25, -0.2) is 0 Å². The maximum atomic E-state index is 8.63. The van der Waals surface area contributed by atoms with Crippen molar-refractivity contribution in [3.63, 3.8) is 0 Å². The molecule has 13 heavy (non-hydrogen) atoms. The van der Waals surface area contributed by atoms with Crippen molar-refractivity contribution in [2.75, 3.05) is 25.5 Å². The predicted octanol–water partition coefficient (Wildman–Crippen LogP) is 2.26. The number of hydrogen-bond donors (Lipinski definition) is 0. The summed E-state index contributed by atoms with van der Waals surface area (Å²) in [7, 11) is 0. The summed E-state index contributed by atoms with van der Waals surface area (Å²) >= 11 is 5.50. The normalized spacial score (nSPS) is 13.5. The molecule has 0 N–H and O–H groups in total. The molecule has 0 heterocycles. The number of alkyl halides is 1. The van der Waals surface area contributed by atoms with Crippen molar-refractivity contribution in [2.45, 2.75) is 13.8 Å². The number of rotatable bonds is 6. The van der Waals surface area contributed by atoms with E-state index in [1.54, 1.807) is 0 Å². The second-order valence-electron chi connectivity index (χ2n) is 3.01. The van der Waals surface area contributed by atoms with Gasteiger partial charge in [-0.3, -0.25) is 4.90 Å². The molecule has 0 bridgehead atoms. The van der Waals surface area contributed by atoms with E-state index in [0.29, 0.717) is 5.88 Å². The standard InChI is InChI=1S/C10H17ClN2/c1-3-13(7-5-4-6-11)9-10(2)8-12/h4-5,10H,3,6-7,9H2,1-2H3. The average Bonchev–Trinajstić information content (AvgIpc) is 2.16. The highest BCUT2D eigenvalue weighted by atomic mass is 35.5. The number of nitrogens with zero attached hydrogens (tertiary/aromatic N) is 2. The SMILES string of the molecule is CCN(CC=CCCl)CC(C)C#N. The van der Waals surface area contributed by atoms with Crippen molar-refractivity contribution in [1.82, 2.24) is 4.90 Å². The lowest BCUT2D eigenvalue weighted by molar-refractivity contribution is 0.296. The highest BCUT2D eigenvalue weighted by Crippen LogP contribution is 1.98. The van der Waals surface area contributed by atoms with Gasteiger partial charge >= 0.3 is 0 Å². The molecular weight excluding hydrogens is 184 g/mol. The highest BCUT2D eigenvalue weighted by Gasteiger charge is 2.05. The first-order valence-electron chi connectivity index (χ1n) is 4.57. The average molecular weight is 201 g/mol. The first-order valence-corrected chi connectivity index (χ1v) is 5.11. The van der Waals surface area contributed by atoms with Crippen LogP contribution in [-0.2, 0) is 0 Å². The Morgan fingerprint density at radius 2 is 2.23 bits per heavy atom. The van der Waals surface area contributed by atoms with E-state index in [2.05, 4.69) is 17.9 Å². The molecule has 1 unspecified atom stereocenters. The molecule has 0 aromatic carbocycles. The Morgan fingerprint density at radius 1 is 1.54 bits per heavy atom. The van der Waals surface area contributed by atoms with Gasteiger partial charge in [-0.1, -0.05) is 19.1 Å². The van der Waals surface area contributed by atoms with E-state index in [1.807, 2.05) is 19.1 Å². The van der Waals surface area contributed by atoms with Crippen molar-refractivity contribution >= 4 is 11.6 Å². The number of likely N-dealkylation sites (N-methyl/N-ethyl adjacent to an activating group) is 1. The molecule has 0 radical (unpaired) electrons. The van der Waals surface area contributed by atoms with Gasteiger partial charge < -0.3 is 0 Å². The van der Waals surface area contributed by atoms with Crippen LogP contribution >= 0.6 is 11.6 Å². The van der Waals surface area contributed by atoms with Crippen LogP contribution in [0.3, 0.4) is 0 Å². The minimum absolute atomic E-state index is 0.101. The van der Waals surface area contributed by atoms with E-state index in [-0.39, 0.29) is 5.92 Å². The van der Waals surface area contributed by atoms with Gasteiger partial charge in [0.25, 0.3) is 0 Å². The minimum Gasteiger partial charge on any atom is -0.299 e. The molecule has 0 aliphatic rings. The Labute approximate surface area is 85.8 Å². The molecule has 0 aliphatic heterocycles. The van der Waals surface area contributed by atoms with Gasteiger partial charge in [0, 0.05) is 19.0 Å².